The van der Waals surface area contributed by atoms with Gasteiger partial charge in [-0.1, -0.05) is 84.9 Å². The lowest BCUT2D eigenvalue weighted by molar-refractivity contribution is -0.384. The van der Waals surface area contributed by atoms with Crippen molar-refractivity contribution < 1.29 is 23.9 Å². The van der Waals surface area contributed by atoms with Crippen LogP contribution in [0, 0.1) is 16.0 Å². The zero-order valence-electron chi connectivity index (χ0n) is 22.7. The molecule has 0 amide bonds. The lowest BCUT2D eigenvalue weighted by atomic mass is 9.71. The summed E-state index contributed by atoms with van der Waals surface area (Å²) in [5.41, 5.74) is 5.51. The second-order valence-electron chi connectivity index (χ2n) is 10.6. The van der Waals surface area contributed by atoms with Crippen LogP contribution in [0.3, 0.4) is 0 Å². The van der Waals surface area contributed by atoms with E-state index in [1.165, 1.54) is 5.56 Å². The molecule has 0 unspecified atom stereocenters. The van der Waals surface area contributed by atoms with Gasteiger partial charge in [-0.3, -0.25) is 10.1 Å². The van der Waals surface area contributed by atoms with Crippen molar-refractivity contribution in [3.8, 4) is 0 Å². The Hall–Kier alpha value is -3.88. The summed E-state index contributed by atoms with van der Waals surface area (Å²) in [6.45, 7) is 2.26. The van der Waals surface area contributed by atoms with Crippen molar-refractivity contribution in [2.24, 2.45) is 5.92 Å². The Morgan fingerprint density at radius 1 is 0.756 bits per heavy atom. The van der Waals surface area contributed by atoms with Gasteiger partial charge in [0.2, 0.25) is 0 Å². The molecule has 2 aliphatic rings. The second kappa shape index (κ2) is 12.7. The number of nitro benzene ring substituents is 1. The molecule has 4 aromatic rings. The Labute approximate surface area is 239 Å². The van der Waals surface area contributed by atoms with Crippen molar-refractivity contribution in [1.82, 2.24) is 0 Å². The summed E-state index contributed by atoms with van der Waals surface area (Å²) in [5, 5.41) is 11.4. The van der Waals surface area contributed by atoms with E-state index in [0.29, 0.717) is 33.0 Å². The first-order valence-electron chi connectivity index (χ1n) is 14.0. The van der Waals surface area contributed by atoms with Crippen LogP contribution in [0.25, 0.3) is 0 Å². The Morgan fingerprint density at radius 2 is 1.37 bits per heavy atom. The van der Waals surface area contributed by atoms with Crippen molar-refractivity contribution in [1.29, 1.82) is 0 Å². The number of nitro groups is 1. The highest BCUT2D eigenvalue weighted by molar-refractivity contribution is 5.38. The number of nitrogens with zero attached hydrogens (tertiary/aromatic N) is 1. The number of hydrogen-bond acceptors (Lipinski definition) is 6. The fourth-order valence-corrected chi connectivity index (χ4v) is 6.02. The molecule has 0 radical (unpaired) electrons. The van der Waals surface area contributed by atoms with E-state index in [0.717, 1.165) is 22.3 Å². The molecule has 0 N–H and O–H groups in total. The average molecular weight is 552 g/mol. The van der Waals surface area contributed by atoms with Gasteiger partial charge in [0.1, 0.15) is 6.10 Å². The standard InChI is InChI=1S/C34H33NO6/c36-35(37)28-17-15-26(16-18-28)33-30(22-38-19-24-9-3-1-4-10-24)32-29-14-8-7-13-27(29)21-40-34(32)31(41-33)23-39-20-25-11-5-2-6-12-25/h1-18,30-34H,19-23H2/t30-,31-,32-,33+,34-/m1/s1. The first-order valence-corrected chi connectivity index (χ1v) is 14.0. The highest BCUT2D eigenvalue weighted by Crippen LogP contribution is 2.50. The predicted octanol–water partition coefficient (Wildman–Crippen LogP) is 6.77. The molecule has 0 spiro atoms. The summed E-state index contributed by atoms with van der Waals surface area (Å²) in [7, 11) is 0. The second-order valence-corrected chi connectivity index (χ2v) is 10.6. The van der Waals surface area contributed by atoms with E-state index in [4.69, 9.17) is 18.9 Å². The Balaban J connectivity index is 1.31. The highest BCUT2D eigenvalue weighted by atomic mass is 16.6. The normalized spacial score (nSPS) is 23.4. The van der Waals surface area contributed by atoms with E-state index in [1.54, 1.807) is 24.3 Å². The maximum Gasteiger partial charge on any atom is 0.269 e. The van der Waals surface area contributed by atoms with E-state index in [2.05, 4.69) is 18.2 Å². The quantitative estimate of drug-likeness (QED) is 0.160. The molecule has 1 fully saturated rings. The molecule has 2 aliphatic heterocycles. The van der Waals surface area contributed by atoms with Gasteiger partial charge in [0.05, 0.1) is 50.2 Å². The number of rotatable bonds is 10. The van der Waals surface area contributed by atoms with Crippen LogP contribution in [0.4, 0.5) is 5.69 Å². The van der Waals surface area contributed by atoms with Crippen molar-refractivity contribution in [2.45, 2.75) is 44.1 Å². The van der Waals surface area contributed by atoms with Gasteiger partial charge in [-0.25, -0.2) is 0 Å². The molecule has 41 heavy (non-hydrogen) atoms. The third kappa shape index (κ3) is 6.24. The van der Waals surface area contributed by atoms with Gasteiger partial charge in [0.25, 0.3) is 5.69 Å². The smallest absolute Gasteiger partial charge is 0.269 e. The zero-order valence-corrected chi connectivity index (χ0v) is 22.7. The Morgan fingerprint density at radius 3 is 2.02 bits per heavy atom. The van der Waals surface area contributed by atoms with Gasteiger partial charge in [-0.15, -0.1) is 0 Å². The summed E-state index contributed by atoms with van der Waals surface area (Å²) in [5.74, 6) is -0.0908. The third-order valence-electron chi connectivity index (χ3n) is 7.99. The highest BCUT2D eigenvalue weighted by Gasteiger charge is 2.50. The molecule has 7 heteroatoms. The van der Waals surface area contributed by atoms with Gasteiger partial charge in [0.15, 0.2) is 0 Å². The third-order valence-corrected chi connectivity index (χ3v) is 7.99. The summed E-state index contributed by atoms with van der Waals surface area (Å²) < 4.78 is 25.8. The molecule has 2 heterocycles. The molecule has 6 rings (SSSR count). The largest absolute Gasteiger partial charge is 0.376 e. The van der Waals surface area contributed by atoms with E-state index in [9.17, 15) is 10.1 Å². The minimum atomic E-state index is -0.382. The topological polar surface area (TPSA) is 80.1 Å². The van der Waals surface area contributed by atoms with Crippen molar-refractivity contribution in [3.05, 3.63) is 147 Å². The molecular weight excluding hydrogens is 518 g/mol. The van der Waals surface area contributed by atoms with Gasteiger partial charge in [0, 0.05) is 24.0 Å². The number of benzene rings is 4. The first-order chi connectivity index (χ1) is 20.2. The van der Waals surface area contributed by atoms with Crippen LogP contribution >= 0.6 is 0 Å². The lowest BCUT2D eigenvalue weighted by Crippen LogP contribution is -2.52. The summed E-state index contributed by atoms with van der Waals surface area (Å²) in [4.78, 5) is 11.0. The van der Waals surface area contributed by atoms with E-state index in [-0.39, 0.29) is 40.8 Å². The van der Waals surface area contributed by atoms with Crippen molar-refractivity contribution in [3.63, 3.8) is 0 Å². The van der Waals surface area contributed by atoms with Gasteiger partial charge >= 0.3 is 0 Å². The lowest BCUT2D eigenvalue weighted by Gasteiger charge is -2.49. The molecule has 0 saturated carbocycles. The average Bonchev–Trinajstić information content (AvgIpc) is 3.02. The molecule has 5 atom stereocenters. The maximum absolute atomic E-state index is 11.4. The van der Waals surface area contributed by atoms with E-state index >= 15 is 0 Å². The molecule has 0 aromatic heterocycles. The Bertz CT molecular complexity index is 1430. The molecule has 210 valence electrons. The molecule has 0 aliphatic carbocycles. The van der Waals surface area contributed by atoms with Crippen LogP contribution in [0.15, 0.2) is 109 Å². The van der Waals surface area contributed by atoms with Gasteiger partial charge in [-0.05, 0) is 39.9 Å². The van der Waals surface area contributed by atoms with E-state index in [1.807, 2.05) is 66.7 Å². The van der Waals surface area contributed by atoms with Crippen LogP contribution in [-0.2, 0) is 38.8 Å². The van der Waals surface area contributed by atoms with Crippen molar-refractivity contribution >= 4 is 5.69 Å². The predicted molar refractivity (Wildman–Crippen MR) is 154 cm³/mol. The van der Waals surface area contributed by atoms with Crippen LogP contribution in [-0.4, -0.2) is 30.3 Å². The number of non-ortho nitro benzene ring substituents is 1. The zero-order chi connectivity index (χ0) is 28.0. The first kappa shape index (κ1) is 27.3. The molecule has 1 saturated heterocycles. The molecule has 7 nitrogen and oxygen atoms in total. The molecule has 4 aromatic carbocycles. The summed E-state index contributed by atoms with van der Waals surface area (Å²) >= 11 is 0. The summed E-state index contributed by atoms with van der Waals surface area (Å²) in [6, 6.07) is 35.2. The Kier molecular flexibility index (Phi) is 8.49. The maximum atomic E-state index is 11.4. The van der Waals surface area contributed by atoms with E-state index < -0.39 is 0 Å². The monoisotopic (exact) mass is 551 g/mol. The van der Waals surface area contributed by atoms with Crippen LogP contribution < -0.4 is 0 Å². The van der Waals surface area contributed by atoms with Crippen molar-refractivity contribution in [2.75, 3.05) is 13.2 Å². The number of hydrogen-bond donors (Lipinski definition) is 0. The fraction of sp³-hybridized carbons (Fsp3) is 0.294. The minimum absolute atomic E-state index is 0.00464. The number of fused-ring (bicyclic) bond motifs is 3. The van der Waals surface area contributed by atoms with Crippen LogP contribution in [0.1, 0.15) is 39.8 Å². The van der Waals surface area contributed by atoms with Gasteiger partial charge < -0.3 is 18.9 Å². The SMILES string of the molecule is O=[N+]([O-])c1ccc([C@@H]2O[C@H](COCc3ccccc3)[C@H]3OCc4ccccc4[C@@H]3[C@H]2COCc2ccccc2)cc1. The van der Waals surface area contributed by atoms with Gasteiger partial charge in [-0.2, -0.15) is 0 Å². The molecular formula is C34H33NO6. The molecule has 0 bridgehead atoms. The number of ether oxygens (including phenoxy) is 4. The fourth-order valence-electron chi connectivity index (χ4n) is 6.02. The van der Waals surface area contributed by atoms with Crippen LogP contribution in [0.5, 0.6) is 0 Å². The summed E-state index contributed by atoms with van der Waals surface area (Å²) in [6.07, 6.45) is -0.921. The van der Waals surface area contributed by atoms with Crippen LogP contribution in [0.2, 0.25) is 0 Å². The minimum Gasteiger partial charge on any atom is -0.376 e.